The number of carboxylic acid groups (broad SMARTS) is 1. The van der Waals surface area contributed by atoms with E-state index in [4.69, 9.17) is 5.11 Å². The van der Waals surface area contributed by atoms with E-state index in [1.165, 1.54) is 12.1 Å². The molecule has 1 aromatic rings. The van der Waals surface area contributed by atoms with Crippen molar-refractivity contribution in [2.45, 2.75) is 25.8 Å². The van der Waals surface area contributed by atoms with E-state index >= 15 is 0 Å². The van der Waals surface area contributed by atoms with Crippen molar-refractivity contribution in [2.75, 3.05) is 0 Å². The molecule has 2 atom stereocenters. The van der Waals surface area contributed by atoms with Crippen molar-refractivity contribution in [3.05, 3.63) is 34.1 Å². The van der Waals surface area contributed by atoms with Crippen molar-refractivity contribution in [3.8, 4) is 0 Å². The zero-order valence-electron chi connectivity index (χ0n) is 10.7. The number of aliphatic carboxylic acids is 1. The van der Waals surface area contributed by atoms with Crippen LogP contribution in [0.2, 0.25) is 0 Å². The fourth-order valence-electron chi connectivity index (χ4n) is 2.49. The number of benzene rings is 1. The van der Waals surface area contributed by atoms with Crippen molar-refractivity contribution in [1.29, 1.82) is 0 Å². The predicted octanol–water partition coefficient (Wildman–Crippen LogP) is 2.71. The lowest BCUT2D eigenvalue weighted by Crippen LogP contribution is -2.29. The van der Waals surface area contributed by atoms with Gasteiger partial charge >= 0.3 is 5.97 Å². The number of carbonyl (C=O) groups excluding carboxylic acids is 1. The lowest BCUT2D eigenvalue weighted by atomic mass is 10.0. The summed E-state index contributed by atoms with van der Waals surface area (Å²) in [7, 11) is 0. The fourth-order valence-corrected chi connectivity index (χ4v) is 3.00. The van der Waals surface area contributed by atoms with Crippen LogP contribution in [0.25, 0.3) is 0 Å². The molecule has 0 radical (unpaired) electrons. The molecule has 1 aliphatic rings. The molecule has 1 aromatic carbocycles. The molecule has 6 heteroatoms. The first-order valence-electron chi connectivity index (χ1n) is 6.41. The van der Waals surface area contributed by atoms with Crippen molar-refractivity contribution >= 4 is 27.8 Å². The lowest BCUT2D eigenvalue weighted by molar-refractivity contribution is -0.141. The van der Waals surface area contributed by atoms with Crippen LogP contribution in [0, 0.1) is 17.7 Å². The van der Waals surface area contributed by atoms with Crippen LogP contribution in [0.4, 0.5) is 4.39 Å². The number of hydrogen-bond acceptors (Lipinski definition) is 2. The van der Waals surface area contributed by atoms with Crippen molar-refractivity contribution in [1.82, 2.24) is 5.32 Å². The first kappa shape index (κ1) is 15.0. The van der Waals surface area contributed by atoms with E-state index in [-0.39, 0.29) is 24.2 Å². The molecule has 0 aliphatic heterocycles. The summed E-state index contributed by atoms with van der Waals surface area (Å²) >= 11 is 3.19. The Balaban J connectivity index is 1.88. The highest BCUT2D eigenvalue weighted by Crippen LogP contribution is 2.31. The number of halogens is 2. The number of nitrogens with one attached hydrogen (secondary N) is 1. The van der Waals surface area contributed by atoms with Crippen LogP contribution >= 0.6 is 15.9 Å². The highest BCUT2D eigenvalue weighted by molar-refractivity contribution is 9.10. The van der Waals surface area contributed by atoms with Crippen molar-refractivity contribution < 1.29 is 19.1 Å². The van der Waals surface area contributed by atoms with E-state index in [9.17, 15) is 14.0 Å². The van der Waals surface area contributed by atoms with Gasteiger partial charge in [-0.3, -0.25) is 9.59 Å². The average Bonchev–Trinajstić information content (AvgIpc) is 2.84. The van der Waals surface area contributed by atoms with Crippen LogP contribution < -0.4 is 5.32 Å². The summed E-state index contributed by atoms with van der Waals surface area (Å²) in [6.07, 6.45) is 1.52. The Morgan fingerprint density at radius 1 is 1.30 bits per heavy atom. The van der Waals surface area contributed by atoms with Gasteiger partial charge in [0.25, 0.3) is 0 Å². The molecule has 2 rings (SSSR count). The van der Waals surface area contributed by atoms with Crippen LogP contribution in [0.5, 0.6) is 0 Å². The van der Waals surface area contributed by atoms with E-state index in [2.05, 4.69) is 21.2 Å². The zero-order chi connectivity index (χ0) is 14.7. The van der Waals surface area contributed by atoms with Gasteiger partial charge in [-0.2, -0.15) is 0 Å². The van der Waals surface area contributed by atoms with Gasteiger partial charge in [-0.05, 0) is 43.0 Å². The molecule has 0 bridgehead atoms. The van der Waals surface area contributed by atoms with Crippen LogP contribution in [0.15, 0.2) is 22.7 Å². The van der Waals surface area contributed by atoms with Crippen LogP contribution in [-0.2, 0) is 16.1 Å². The molecule has 108 valence electrons. The van der Waals surface area contributed by atoms with E-state index in [0.717, 1.165) is 0 Å². The Morgan fingerprint density at radius 3 is 2.60 bits per heavy atom. The third-order valence-electron chi connectivity index (χ3n) is 3.54. The number of rotatable bonds is 4. The zero-order valence-corrected chi connectivity index (χ0v) is 12.3. The maximum Gasteiger partial charge on any atom is 0.306 e. The molecule has 1 fully saturated rings. The van der Waals surface area contributed by atoms with E-state index in [1.54, 1.807) is 6.07 Å². The van der Waals surface area contributed by atoms with E-state index in [0.29, 0.717) is 29.3 Å². The molecule has 2 N–H and O–H groups in total. The second kappa shape index (κ2) is 6.35. The Kier molecular flexibility index (Phi) is 4.75. The second-order valence-corrected chi connectivity index (χ2v) is 5.96. The van der Waals surface area contributed by atoms with Gasteiger partial charge in [-0.1, -0.05) is 15.9 Å². The van der Waals surface area contributed by atoms with Crippen LogP contribution in [-0.4, -0.2) is 17.0 Å². The smallest absolute Gasteiger partial charge is 0.306 e. The molecule has 20 heavy (non-hydrogen) atoms. The first-order valence-corrected chi connectivity index (χ1v) is 7.20. The second-order valence-electron chi connectivity index (χ2n) is 5.04. The third kappa shape index (κ3) is 3.79. The maximum atomic E-state index is 13.2. The summed E-state index contributed by atoms with van der Waals surface area (Å²) in [5.41, 5.74) is 0.665. The highest BCUT2D eigenvalue weighted by Gasteiger charge is 2.33. The van der Waals surface area contributed by atoms with Gasteiger partial charge in [-0.25, -0.2) is 4.39 Å². The number of carboxylic acids is 1. The van der Waals surface area contributed by atoms with E-state index in [1.807, 2.05) is 0 Å². The van der Waals surface area contributed by atoms with Gasteiger partial charge in [0.2, 0.25) is 5.91 Å². The molecular weight excluding hydrogens is 329 g/mol. The topological polar surface area (TPSA) is 66.4 Å². The van der Waals surface area contributed by atoms with Crippen LogP contribution in [0.3, 0.4) is 0 Å². The van der Waals surface area contributed by atoms with Gasteiger partial charge in [0.05, 0.1) is 5.92 Å². The number of amides is 1. The summed E-state index contributed by atoms with van der Waals surface area (Å²) in [4.78, 5) is 22.8. The third-order valence-corrected chi connectivity index (χ3v) is 4.00. The van der Waals surface area contributed by atoms with E-state index < -0.39 is 11.9 Å². The minimum atomic E-state index is -0.839. The van der Waals surface area contributed by atoms with Gasteiger partial charge in [-0.15, -0.1) is 0 Å². The van der Waals surface area contributed by atoms with Gasteiger partial charge < -0.3 is 10.4 Å². The van der Waals surface area contributed by atoms with Crippen LogP contribution in [0.1, 0.15) is 24.8 Å². The Hall–Kier alpha value is -1.43. The monoisotopic (exact) mass is 343 g/mol. The Bertz CT molecular complexity index is 515. The average molecular weight is 344 g/mol. The summed E-state index contributed by atoms with van der Waals surface area (Å²) in [6, 6.07) is 4.44. The minimum Gasteiger partial charge on any atom is -0.481 e. The molecule has 1 saturated carbocycles. The summed E-state index contributed by atoms with van der Waals surface area (Å²) in [5, 5.41) is 11.6. The summed E-state index contributed by atoms with van der Waals surface area (Å²) in [6.45, 7) is 0.240. The largest absolute Gasteiger partial charge is 0.481 e. The molecule has 0 heterocycles. The lowest BCUT2D eigenvalue weighted by Gasteiger charge is -2.11. The molecular formula is C14H15BrFNO3. The molecule has 0 saturated heterocycles. The maximum absolute atomic E-state index is 13.2. The van der Waals surface area contributed by atoms with Crippen molar-refractivity contribution in [2.24, 2.45) is 11.8 Å². The Morgan fingerprint density at radius 2 is 2.00 bits per heavy atom. The Labute approximate surface area is 124 Å². The molecule has 0 aromatic heterocycles. The predicted molar refractivity (Wildman–Crippen MR) is 74.4 cm³/mol. The SMILES string of the molecule is O=C(O)[C@@H]1CC[C@H](C(=O)NCc2cc(F)cc(Br)c2)C1. The number of hydrogen-bond donors (Lipinski definition) is 2. The quantitative estimate of drug-likeness (QED) is 0.883. The first-order chi connectivity index (χ1) is 9.45. The van der Waals surface area contributed by atoms with Gasteiger partial charge in [0.15, 0.2) is 0 Å². The molecule has 0 spiro atoms. The standard InChI is InChI=1S/C14H15BrFNO3/c15-11-3-8(4-12(16)6-11)7-17-13(18)9-1-2-10(5-9)14(19)20/h3-4,6,9-10H,1-2,5,7H2,(H,17,18)(H,19,20)/t9-,10+/m0/s1. The fraction of sp³-hybridized carbons (Fsp3) is 0.429. The molecule has 4 nitrogen and oxygen atoms in total. The highest BCUT2D eigenvalue weighted by atomic mass is 79.9. The molecule has 1 amide bonds. The van der Waals surface area contributed by atoms with Gasteiger partial charge in [0, 0.05) is 16.9 Å². The van der Waals surface area contributed by atoms with Gasteiger partial charge in [0.1, 0.15) is 5.82 Å². The molecule has 1 aliphatic carbocycles. The minimum absolute atomic E-state index is 0.158. The normalized spacial score (nSPS) is 21.7. The van der Waals surface area contributed by atoms with Crippen molar-refractivity contribution in [3.63, 3.8) is 0 Å². The molecule has 0 unspecified atom stereocenters. The number of carbonyl (C=O) groups is 2. The summed E-state index contributed by atoms with van der Waals surface area (Å²) in [5.74, 6) is -2.04. The summed E-state index contributed by atoms with van der Waals surface area (Å²) < 4.78 is 13.8.